The first-order chi connectivity index (χ1) is 13.2. The molecule has 0 saturated heterocycles. The molecule has 8 nitrogen and oxygen atoms in total. The smallest absolute Gasteiger partial charge is 0.418 e. The molecule has 0 aliphatic heterocycles. The van der Waals surface area contributed by atoms with Crippen LogP contribution < -0.4 is 5.32 Å². The average Bonchev–Trinajstić information content (AvgIpc) is 2.89. The molecule has 29 heavy (non-hydrogen) atoms. The van der Waals surface area contributed by atoms with Crippen molar-refractivity contribution in [3.63, 3.8) is 0 Å². The quantitative estimate of drug-likeness (QED) is 0.765. The number of alkyl halides is 3. The molecule has 1 N–H and O–H groups in total. The molecule has 0 aliphatic carbocycles. The number of aryl methyl sites for hydroxylation is 2. The molecule has 2 heterocycles. The number of nitrogens with zero attached hydrogens (tertiary/aromatic N) is 3. The molecule has 0 saturated carbocycles. The Morgan fingerprint density at radius 2 is 1.79 bits per heavy atom. The molecule has 11 heteroatoms. The second kappa shape index (κ2) is 7.72. The van der Waals surface area contributed by atoms with Crippen molar-refractivity contribution in [2.24, 2.45) is 7.05 Å². The van der Waals surface area contributed by atoms with Gasteiger partial charge in [0.15, 0.2) is 5.69 Å². The Bertz CT molecular complexity index is 946. The molecule has 2 aromatic rings. The van der Waals surface area contributed by atoms with Gasteiger partial charge in [0.05, 0.1) is 18.4 Å². The third kappa shape index (κ3) is 5.24. The van der Waals surface area contributed by atoms with Gasteiger partial charge in [0.1, 0.15) is 17.0 Å². The molecule has 2 aromatic heterocycles. The monoisotopic (exact) mass is 414 g/mol. The molecule has 0 radical (unpaired) electrons. The van der Waals surface area contributed by atoms with Crippen molar-refractivity contribution in [3.8, 4) is 11.4 Å². The van der Waals surface area contributed by atoms with Crippen molar-refractivity contribution >= 4 is 17.7 Å². The molecule has 2 rings (SSSR count). The number of hydrogen-bond acceptors (Lipinski definition) is 6. The Hall–Kier alpha value is -3.11. The minimum atomic E-state index is -4.83. The first-order valence-electron chi connectivity index (χ1n) is 8.44. The lowest BCUT2D eigenvalue weighted by atomic mass is 10.1. The number of carbonyl (C=O) groups is 2. The summed E-state index contributed by atoms with van der Waals surface area (Å²) < 4.78 is 52.2. The van der Waals surface area contributed by atoms with E-state index >= 15 is 0 Å². The molecular weight excluding hydrogens is 393 g/mol. The second-order valence-electron chi connectivity index (χ2n) is 7.23. The van der Waals surface area contributed by atoms with Crippen LogP contribution in [0, 0.1) is 6.92 Å². The number of hydrogen-bond donors (Lipinski definition) is 1. The van der Waals surface area contributed by atoms with Crippen LogP contribution in [-0.2, 0) is 22.7 Å². The fourth-order valence-electron chi connectivity index (χ4n) is 2.51. The summed E-state index contributed by atoms with van der Waals surface area (Å²) in [5.74, 6) is -1.03. The number of aromatic nitrogens is 3. The van der Waals surface area contributed by atoms with Crippen LogP contribution in [0.5, 0.6) is 0 Å². The number of amides is 1. The second-order valence-corrected chi connectivity index (χ2v) is 7.23. The first-order valence-corrected chi connectivity index (χ1v) is 8.44. The minimum absolute atomic E-state index is 0.0474. The maximum absolute atomic E-state index is 13.7. The normalized spacial score (nSPS) is 11.9. The predicted octanol–water partition coefficient (Wildman–Crippen LogP) is 3.94. The van der Waals surface area contributed by atoms with Crippen molar-refractivity contribution in [1.82, 2.24) is 14.8 Å². The standard InChI is InChI=1S/C18H21F3N4O4/c1-9-8-25(5)24-12(9)13-10(18(19,20)21)7-11(14(23-13)15(26)28-6)22-16(27)29-17(2,3)4/h7-8H,1-6H3,(H,22,27). The Morgan fingerprint density at radius 3 is 2.24 bits per heavy atom. The highest BCUT2D eigenvalue weighted by molar-refractivity contribution is 5.99. The van der Waals surface area contributed by atoms with Crippen LogP contribution in [0.3, 0.4) is 0 Å². The van der Waals surface area contributed by atoms with E-state index in [4.69, 9.17) is 4.74 Å². The van der Waals surface area contributed by atoms with Gasteiger partial charge < -0.3 is 9.47 Å². The third-order valence-corrected chi connectivity index (χ3v) is 3.58. The van der Waals surface area contributed by atoms with Crippen LogP contribution in [0.2, 0.25) is 0 Å². The van der Waals surface area contributed by atoms with Crippen LogP contribution in [0.4, 0.5) is 23.7 Å². The number of rotatable bonds is 3. The molecule has 1 amide bonds. The van der Waals surface area contributed by atoms with Gasteiger partial charge in [-0.05, 0) is 39.3 Å². The lowest BCUT2D eigenvalue weighted by molar-refractivity contribution is -0.137. The highest BCUT2D eigenvalue weighted by Gasteiger charge is 2.38. The van der Waals surface area contributed by atoms with Gasteiger partial charge in [-0.3, -0.25) is 10.00 Å². The number of esters is 1. The van der Waals surface area contributed by atoms with Gasteiger partial charge in [-0.15, -0.1) is 0 Å². The molecule has 158 valence electrons. The van der Waals surface area contributed by atoms with Crippen LogP contribution in [-0.4, -0.2) is 39.5 Å². The SMILES string of the molecule is COC(=O)c1nc(-c2nn(C)cc2C)c(C(F)(F)F)cc1NC(=O)OC(C)(C)C. The average molecular weight is 414 g/mol. The van der Waals surface area contributed by atoms with E-state index < -0.39 is 46.5 Å². The lowest BCUT2D eigenvalue weighted by Crippen LogP contribution is -2.28. The Balaban J connectivity index is 2.70. The topological polar surface area (TPSA) is 95.3 Å². The summed E-state index contributed by atoms with van der Waals surface area (Å²) in [6, 6.07) is 0.618. The Kier molecular flexibility index (Phi) is 5.91. The lowest BCUT2D eigenvalue weighted by Gasteiger charge is -2.21. The zero-order valence-electron chi connectivity index (χ0n) is 16.8. The Morgan fingerprint density at radius 1 is 1.17 bits per heavy atom. The van der Waals surface area contributed by atoms with Crippen molar-refractivity contribution in [1.29, 1.82) is 0 Å². The molecule has 0 atom stereocenters. The van der Waals surface area contributed by atoms with Crippen molar-refractivity contribution in [3.05, 3.63) is 29.1 Å². The van der Waals surface area contributed by atoms with Gasteiger partial charge in [-0.25, -0.2) is 14.6 Å². The van der Waals surface area contributed by atoms with Gasteiger partial charge in [0, 0.05) is 13.2 Å². The summed E-state index contributed by atoms with van der Waals surface area (Å²) in [5, 5.41) is 6.15. The summed E-state index contributed by atoms with van der Waals surface area (Å²) in [6.45, 7) is 6.31. The molecule has 0 aromatic carbocycles. The number of pyridine rings is 1. The molecule has 0 bridgehead atoms. The van der Waals surface area contributed by atoms with E-state index in [0.717, 1.165) is 7.11 Å². The molecule has 0 spiro atoms. The van der Waals surface area contributed by atoms with Crippen molar-refractivity contribution < 1.29 is 32.2 Å². The summed E-state index contributed by atoms with van der Waals surface area (Å²) in [6.07, 6.45) is -4.35. The number of methoxy groups -OCH3 is 1. The summed E-state index contributed by atoms with van der Waals surface area (Å²) in [7, 11) is 2.59. The fourth-order valence-corrected chi connectivity index (χ4v) is 2.51. The van der Waals surface area contributed by atoms with Crippen molar-refractivity contribution in [2.75, 3.05) is 12.4 Å². The number of anilines is 1. The summed E-state index contributed by atoms with van der Waals surface area (Å²) >= 11 is 0. The van der Waals surface area contributed by atoms with Gasteiger partial charge >= 0.3 is 18.2 Å². The maximum Gasteiger partial charge on any atom is 0.418 e. The number of ether oxygens (including phenoxy) is 2. The van der Waals surface area contributed by atoms with E-state index in [9.17, 15) is 22.8 Å². The van der Waals surface area contributed by atoms with Gasteiger partial charge in [0.2, 0.25) is 0 Å². The zero-order valence-corrected chi connectivity index (χ0v) is 16.8. The van der Waals surface area contributed by atoms with Crippen LogP contribution in [0.25, 0.3) is 11.4 Å². The number of carbonyl (C=O) groups excluding carboxylic acids is 2. The molecule has 0 fully saturated rings. The summed E-state index contributed by atoms with van der Waals surface area (Å²) in [5.41, 5.74) is -3.24. The third-order valence-electron chi connectivity index (χ3n) is 3.58. The minimum Gasteiger partial charge on any atom is -0.464 e. The highest BCUT2D eigenvalue weighted by atomic mass is 19.4. The fraction of sp³-hybridized carbons (Fsp3) is 0.444. The molecule has 0 aliphatic rings. The van der Waals surface area contributed by atoms with E-state index in [2.05, 4.69) is 20.1 Å². The van der Waals surface area contributed by atoms with E-state index in [-0.39, 0.29) is 5.69 Å². The summed E-state index contributed by atoms with van der Waals surface area (Å²) in [4.78, 5) is 28.1. The van der Waals surface area contributed by atoms with Crippen LogP contribution >= 0.6 is 0 Å². The molecular formula is C18H21F3N4O4. The first kappa shape index (κ1) is 22.2. The number of halogens is 3. The van der Waals surface area contributed by atoms with Crippen LogP contribution in [0.15, 0.2) is 12.3 Å². The van der Waals surface area contributed by atoms with E-state index in [1.807, 2.05) is 0 Å². The van der Waals surface area contributed by atoms with E-state index in [0.29, 0.717) is 11.6 Å². The largest absolute Gasteiger partial charge is 0.464 e. The van der Waals surface area contributed by atoms with E-state index in [1.165, 1.54) is 10.9 Å². The van der Waals surface area contributed by atoms with Crippen molar-refractivity contribution in [2.45, 2.75) is 39.5 Å². The van der Waals surface area contributed by atoms with Crippen LogP contribution in [0.1, 0.15) is 42.4 Å². The zero-order chi connectivity index (χ0) is 22.1. The predicted molar refractivity (Wildman–Crippen MR) is 97.4 cm³/mol. The van der Waals surface area contributed by atoms with Gasteiger partial charge in [0.25, 0.3) is 0 Å². The van der Waals surface area contributed by atoms with E-state index in [1.54, 1.807) is 34.7 Å². The maximum atomic E-state index is 13.7. The van der Waals surface area contributed by atoms with Gasteiger partial charge in [-0.2, -0.15) is 18.3 Å². The number of nitrogens with one attached hydrogen (secondary N) is 1. The highest BCUT2D eigenvalue weighted by Crippen LogP contribution is 2.39. The molecule has 0 unspecified atom stereocenters. The Labute approximate surface area is 165 Å². The van der Waals surface area contributed by atoms with Gasteiger partial charge in [-0.1, -0.05) is 0 Å².